The van der Waals surface area contributed by atoms with Crippen LogP contribution in [-0.2, 0) is 127 Å². The van der Waals surface area contributed by atoms with E-state index in [2.05, 4.69) is 26.1 Å². The Morgan fingerprint density at radius 1 is 0.576 bits per heavy atom. The van der Waals surface area contributed by atoms with Gasteiger partial charge in [0, 0.05) is 12.8 Å². The summed E-state index contributed by atoms with van der Waals surface area (Å²) in [5.41, 5.74) is 11.1. The minimum Gasteiger partial charge on any atom is -0.462 e. The Hall–Kier alpha value is -5.76. The highest BCUT2D eigenvalue weighted by atomic mass is 31.2. The van der Waals surface area contributed by atoms with Crippen molar-refractivity contribution in [2.24, 2.45) is 5.73 Å². The Labute approximate surface area is 542 Å². The number of ether oxygens (including phenoxy) is 10. The number of rotatable bonds is 33. The molecule has 0 spiro atoms. The van der Waals surface area contributed by atoms with Gasteiger partial charge in [0.1, 0.15) is 42.7 Å². The molecule has 3 aliphatic heterocycles. The van der Waals surface area contributed by atoms with Gasteiger partial charge in [-0.05, 0) is 65.2 Å². The molecular weight excluding hydrogens is 1220 g/mol. The average Bonchev–Trinajstić information content (AvgIpc) is 0.929. The number of hydrogen-bond donors (Lipinski definition) is 2. The lowest BCUT2D eigenvalue weighted by Gasteiger charge is -2.49. The number of phosphoric ester groups is 1. The summed E-state index contributed by atoms with van der Waals surface area (Å²) in [5, 5.41) is 2.60. The third-order valence-corrected chi connectivity index (χ3v) is 22.5. The third kappa shape index (κ3) is 21.9. The molecule has 92 heavy (non-hydrogen) atoms. The summed E-state index contributed by atoms with van der Waals surface area (Å²) in [7, 11) is -7.45. The summed E-state index contributed by atoms with van der Waals surface area (Å²) in [6.45, 7) is 18.0. The summed E-state index contributed by atoms with van der Waals surface area (Å²) < 4.78 is 105. The lowest BCUT2D eigenvalue weighted by Crippen LogP contribution is -2.68. The van der Waals surface area contributed by atoms with Crippen LogP contribution >= 0.6 is 7.82 Å². The van der Waals surface area contributed by atoms with Gasteiger partial charge in [0.25, 0.3) is 0 Å². The van der Waals surface area contributed by atoms with Gasteiger partial charge in [-0.2, -0.15) is 0 Å². The van der Waals surface area contributed by atoms with Gasteiger partial charge in [0.2, 0.25) is 5.91 Å². The molecule has 0 aliphatic carbocycles. The highest BCUT2D eigenvalue weighted by Crippen LogP contribution is 2.55. The van der Waals surface area contributed by atoms with Crippen molar-refractivity contribution in [3.8, 4) is 0 Å². The molecule has 4 aromatic rings. The van der Waals surface area contributed by atoms with E-state index in [1.165, 1.54) is 0 Å². The SMILES string of the molecule is CCC(=O)O[C@H](CC)CC(=O)NC1[C@H](OCC2O[C@@H](O[Si](C)(C)C(C)(C)C)C(N)[C@@H](OC(=O)C[C@@H](CC)OCc3ccccc3)[C@H]2OCc2ccccc2)OC(COCc2ccccc2)[C@H](OP2(=O)OCc3ccccc3CO2)[C@@H]1OC(=O)C[C@@H](CC)OC(=O)CC. The topological polar surface area (TPSA) is 270 Å². The van der Waals surface area contributed by atoms with Gasteiger partial charge >= 0.3 is 31.7 Å². The maximum absolute atomic E-state index is 15.2. The molecule has 0 bridgehead atoms. The monoisotopic (exact) mass is 1320 g/mol. The molecule has 4 aromatic carbocycles. The van der Waals surface area contributed by atoms with Gasteiger partial charge in [-0.1, -0.05) is 171 Å². The van der Waals surface area contributed by atoms with Crippen LogP contribution in [0.5, 0.6) is 0 Å². The predicted molar refractivity (Wildman–Crippen MR) is 341 cm³/mol. The van der Waals surface area contributed by atoms with Crippen molar-refractivity contribution < 1.29 is 93.9 Å². The number of carbonyl (C=O) groups excluding carboxylic acids is 5. The number of nitrogens with one attached hydrogen (secondary N) is 1. The first-order valence-electron chi connectivity index (χ1n) is 32.0. The zero-order valence-corrected chi connectivity index (χ0v) is 56.7. The highest BCUT2D eigenvalue weighted by molar-refractivity contribution is 7.48. The van der Waals surface area contributed by atoms with E-state index in [-0.39, 0.29) is 83.2 Å². The van der Waals surface area contributed by atoms with Crippen LogP contribution in [0, 0.1) is 0 Å². The number of phosphoric acid groups is 1. The van der Waals surface area contributed by atoms with Crippen LogP contribution in [0.25, 0.3) is 0 Å². The van der Waals surface area contributed by atoms with E-state index in [1.54, 1.807) is 52.0 Å². The highest BCUT2D eigenvalue weighted by Gasteiger charge is 2.56. The Balaban J connectivity index is 1.32. The van der Waals surface area contributed by atoms with Crippen molar-refractivity contribution in [3.63, 3.8) is 0 Å². The molecule has 3 heterocycles. The fraction of sp³-hybridized carbons (Fsp3) is 0.574. The summed E-state index contributed by atoms with van der Waals surface area (Å²) in [5.74, 6) is -3.32. The molecule has 2 fully saturated rings. The van der Waals surface area contributed by atoms with Crippen molar-refractivity contribution in [2.75, 3.05) is 13.2 Å². The molecular formula is C68H95N2O20PSi. The van der Waals surface area contributed by atoms with Crippen LogP contribution in [0.3, 0.4) is 0 Å². The first-order valence-corrected chi connectivity index (χ1v) is 36.4. The number of hydrogen-bond acceptors (Lipinski definition) is 21. The van der Waals surface area contributed by atoms with E-state index in [9.17, 15) is 24.0 Å². The molecule has 0 radical (unpaired) electrons. The van der Waals surface area contributed by atoms with Crippen molar-refractivity contribution >= 4 is 45.9 Å². The lowest BCUT2D eigenvalue weighted by atomic mass is 9.95. The van der Waals surface area contributed by atoms with Crippen LogP contribution in [0.15, 0.2) is 115 Å². The molecule has 506 valence electrons. The first-order chi connectivity index (χ1) is 44.0. The number of esters is 4. The first kappa shape index (κ1) is 73.6. The fourth-order valence-electron chi connectivity index (χ4n) is 10.2. The van der Waals surface area contributed by atoms with E-state index in [0.717, 1.165) is 16.7 Å². The van der Waals surface area contributed by atoms with Crippen molar-refractivity contribution in [3.05, 3.63) is 143 Å². The number of amides is 1. The van der Waals surface area contributed by atoms with E-state index in [4.69, 9.17) is 71.1 Å². The second-order valence-corrected chi connectivity index (χ2v) is 31.0. The minimum absolute atomic E-state index is 0.00302. The molecule has 7 rings (SSSR count). The van der Waals surface area contributed by atoms with Crippen molar-refractivity contribution in [2.45, 2.75) is 238 Å². The Morgan fingerprint density at radius 2 is 1.05 bits per heavy atom. The molecule has 1 amide bonds. The van der Waals surface area contributed by atoms with Crippen LogP contribution in [0.4, 0.5) is 0 Å². The van der Waals surface area contributed by atoms with Crippen molar-refractivity contribution in [1.29, 1.82) is 0 Å². The molecule has 2 saturated heterocycles. The van der Waals surface area contributed by atoms with E-state index in [0.29, 0.717) is 17.5 Å². The normalized spacial score (nSPS) is 24.2. The molecule has 0 saturated carbocycles. The predicted octanol–water partition coefficient (Wildman–Crippen LogP) is 10.8. The molecule has 3 aliphatic rings. The summed E-state index contributed by atoms with van der Waals surface area (Å²) >= 11 is 0. The Bertz CT molecular complexity index is 2960. The molecule has 0 aromatic heterocycles. The van der Waals surface area contributed by atoms with Gasteiger partial charge in [0.05, 0.1) is 77.7 Å². The molecule has 3 N–H and O–H groups in total. The quantitative estimate of drug-likeness (QED) is 0.0194. The zero-order valence-electron chi connectivity index (χ0n) is 54.8. The van der Waals surface area contributed by atoms with E-state index < -0.39 is 139 Å². The van der Waals surface area contributed by atoms with Crippen LogP contribution < -0.4 is 11.1 Å². The van der Waals surface area contributed by atoms with Crippen LogP contribution in [-0.4, -0.2) is 131 Å². The lowest BCUT2D eigenvalue weighted by molar-refractivity contribution is -0.301. The Morgan fingerprint density at radius 3 is 1.59 bits per heavy atom. The number of nitrogens with two attached hydrogens (primary N) is 1. The standard InChI is InChI=1S/C68H95N2O20PSi/c1-11-50(78-39-46-29-21-17-22-30-46)36-58(74)87-64-60(69)66(90-92(9,10)68(6,7)8)85-54(62(64)79-40-47-31-23-18-24-32-47)44-80-67-61(70-55(71)35-51(12-2)83-56(72)14-4)65(88-59(75)37-52(13-3)84-57(73)15-5)63(53(86-67)43-77-38-45-27-19-16-20-28-45)89-91(76)81-41-48-33-25-26-34-49(48)42-82-91/h16-34,50-54,60-67H,11-15,35-44,69H2,1-10H3,(H,70,71)/t50-,51-,52-,53?,54?,60?,61?,62+,63+,64-,65-,66+,67-/m1/s1. The van der Waals surface area contributed by atoms with E-state index in [1.807, 2.05) is 111 Å². The van der Waals surface area contributed by atoms with Gasteiger partial charge < -0.3 is 62.8 Å². The number of carbonyl (C=O) groups is 5. The maximum Gasteiger partial charge on any atom is 0.475 e. The van der Waals surface area contributed by atoms with Crippen LogP contribution in [0.1, 0.15) is 135 Å². The number of fused-ring (bicyclic) bond motifs is 1. The minimum atomic E-state index is -4.69. The van der Waals surface area contributed by atoms with Gasteiger partial charge in [-0.25, -0.2) is 4.57 Å². The van der Waals surface area contributed by atoms with Gasteiger partial charge in [-0.15, -0.1) is 0 Å². The number of benzene rings is 4. The molecule has 22 nitrogen and oxygen atoms in total. The largest absolute Gasteiger partial charge is 0.475 e. The van der Waals surface area contributed by atoms with Crippen LogP contribution in [0.2, 0.25) is 18.1 Å². The summed E-state index contributed by atoms with van der Waals surface area (Å²) in [6.07, 6.45) is -13.5. The second-order valence-electron chi connectivity index (χ2n) is 24.7. The summed E-state index contributed by atoms with van der Waals surface area (Å²) in [6, 6.07) is 32.7. The Kier molecular flexibility index (Phi) is 28.5. The summed E-state index contributed by atoms with van der Waals surface area (Å²) in [4.78, 5) is 69.3. The average molecular weight is 1320 g/mol. The molecule has 13 atom stereocenters. The van der Waals surface area contributed by atoms with Gasteiger partial charge in [-0.3, -0.25) is 37.5 Å². The molecule has 24 heteroatoms. The second kappa shape index (κ2) is 35.7. The van der Waals surface area contributed by atoms with E-state index >= 15 is 4.57 Å². The maximum atomic E-state index is 15.2. The van der Waals surface area contributed by atoms with Crippen molar-refractivity contribution in [1.82, 2.24) is 5.32 Å². The smallest absolute Gasteiger partial charge is 0.462 e. The molecule has 4 unspecified atom stereocenters. The van der Waals surface area contributed by atoms with Gasteiger partial charge in [0.15, 0.2) is 33.1 Å². The third-order valence-electron chi connectivity index (χ3n) is 16.7. The fourth-order valence-corrected chi connectivity index (χ4v) is 12.7. The zero-order chi connectivity index (χ0) is 66.4.